The highest BCUT2D eigenvalue weighted by atomic mass is 127. The molecule has 0 amide bonds. The van der Waals surface area contributed by atoms with Crippen molar-refractivity contribution < 1.29 is 14.6 Å². The van der Waals surface area contributed by atoms with E-state index in [1.807, 2.05) is 18.8 Å². The zero-order valence-corrected chi connectivity index (χ0v) is 19.0. The molecule has 2 atom stereocenters. The van der Waals surface area contributed by atoms with Crippen molar-refractivity contribution in [3.8, 4) is 0 Å². The van der Waals surface area contributed by atoms with Gasteiger partial charge in [-0.05, 0) is 44.3 Å². The number of rotatable bonds is 5. The Morgan fingerprint density at radius 3 is 2.77 bits per heavy atom. The second-order valence-corrected chi connectivity index (χ2v) is 8.54. The number of guanidine groups is 1. The number of nitrogens with one attached hydrogen (secondary N) is 1. The number of likely N-dealkylation sites (tertiary alicyclic amines) is 1. The summed E-state index contributed by atoms with van der Waals surface area (Å²) in [4.78, 5) is 6.68. The van der Waals surface area contributed by atoms with Crippen LogP contribution in [-0.4, -0.2) is 85.2 Å². The molecule has 3 saturated heterocycles. The Hall–Kier alpha value is 0.230. The molecule has 0 saturated carbocycles. The van der Waals surface area contributed by atoms with Gasteiger partial charge in [0.25, 0.3) is 0 Å². The van der Waals surface area contributed by atoms with Crippen molar-refractivity contribution in [3.05, 3.63) is 0 Å². The summed E-state index contributed by atoms with van der Waals surface area (Å²) in [6, 6.07) is 0. The Morgan fingerprint density at radius 2 is 2.15 bits per heavy atom. The molecule has 3 aliphatic heterocycles. The van der Waals surface area contributed by atoms with Crippen LogP contribution in [-0.2, 0) is 9.47 Å². The second kappa shape index (κ2) is 11.3. The molecule has 3 fully saturated rings. The predicted molar refractivity (Wildman–Crippen MR) is 118 cm³/mol. The smallest absolute Gasteiger partial charge is 0.193 e. The van der Waals surface area contributed by atoms with Gasteiger partial charge in [-0.1, -0.05) is 0 Å². The van der Waals surface area contributed by atoms with Crippen molar-refractivity contribution in [2.24, 2.45) is 4.99 Å². The van der Waals surface area contributed by atoms with Gasteiger partial charge in [0.1, 0.15) is 0 Å². The fraction of sp³-hybridized carbons (Fsp3) is 0.944. The van der Waals surface area contributed by atoms with Gasteiger partial charge in [-0.15, -0.1) is 24.0 Å². The van der Waals surface area contributed by atoms with Gasteiger partial charge in [-0.2, -0.15) is 11.8 Å². The Morgan fingerprint density at radius 1 is 1.35 bits per heavy atom. The number of nitrogens with zero attached hydrogens (tertiary/aromatic N) is 2. The van der Waals surface area contributed by atoms with E-state index >= 15 is 0 Å². The summed E-state index contributed by atoms with van der Waals surface area (Å²) >= 11 is 1.82. The third-order valence-electron chi connectivity index (χ3n) is 5.40. The molecule has 2 unspecified atom stereocenters. The number of aliphatic imine (C=N–C) groups is 1. The molecular formula is C18H34IN3O3S. The SMILES string of the molecule is CN=C(NCC1(O)CCSC1)N1CCC(OCC2CCCCO2)CC1.I. The fourth-order valence-electron chi connectivity index (χ4n) is 3.73. The molecule has 3 heterocycles. The lowest BCUT2D eigenvalue weighted by molar-refractivity contribution is -0.0721. The maximum absolute atomic E-state index is 10.5. The van der Waals surface area contributed by atoms with Crippen molar-refractivity contribution in [2.45, 2.75) is 56.3 Å². The topological polar surface area (TPSA) is 66.3 Å². The maximum Gasteiger partial charge on any atom is 0.193 e. The number of hydrogen-bond donors (Lipinski definition) is 2. The quantitative estimate of drug-likeness (QED) is 0.343. The first-order chi connectivity index (χ1) is 12.2. The zero-order valence-electron chi connectivity index (χ0n) is 15.8. The van der Waals surface area contributed by atoms with Crippen LogP contribution in [0.5, 0.6) is 0 Å². The molecule has 0 bridgehead atoms. The lowest BCUT2D eigenvalue weighted by Gasteiger charge is -2.35. The van der Waals surface area contributed by atoms with Crippen LogP contribution in [0, 0.1) is 0 Å². The van der Waals surface area contributed by atoms with Gasteiger partial charge >= 0.3 is 0 Å². The van der Waals surface area contributed by atoms with Gasteiger partial charge in [-0.3, -0.25) is 4.99 Å². The van der Waals surface area contributed by atoms with E-state index in [-0.39, 0.29) is 24.0 Å². The molecule has 3 rings (SSSR count). The Labute approximate surface area is 178 Å². The van der Waals surface area contributed by atoms with Crippen LogP contribution >= 0.6 is 35.7 Å². The molecule has 3 aliphatic rings. The fourth-order valence-corrected chi connectivity index (χ4v) is 5.02. The van der Waals surface area contributed by atoms with E-state index < -0.39 is 5.60 Å². The van der Waals surface area contributed by atoms with E-state index in [2.05, 4.69) is 15.2 Å². The predicted octanol–water partition coefficient (Wildman–Crippen LogP) is 2.10. The minimum atomic E-state index is -0.581. The van der Waals surface area contributed by atoms with Gasteiger partial charge in [0.2, 0.25) is 0 Å². The maximum atomic E-state index is 10.5. The van der Waals surface area contributed by atoms with Crippen LogP contribution in [0.3, 0.4) is 0 Å². The molecule has 0 aliphatic carbocycles. The van der Waals surface area contributed by atoms with Crippen LogP contribution in [0.4, 0.5) is 0 Å². The van der Waals surface area contributed by atoms with Gasteiger partial charge in [0.15, 0.2) is 5.96 Å². The van der Waals surface area contributed by atoms with Crippen molar-refractivity contribution in [1.82, 2.24) is 10.2 Å². The monoisotopic (exact) mass is 499 g/mol. The van der Waals surface area contributed by atoms with Crippen LogP contribution in [0.2, 0.25) is 0 Å². The minimum Gasteiger partial charge on any atom is -0.387 e. The number of hydrogen-bond acceptors (Lipinski definition) is 5. The number of aliphatic hydroxyl groups is 1. The highest BCUT2D eigenvalue weighted by Gasteiger charge is 2.32. The summed E-state index contributed by atoms with van der Waals surface area (Å²) in [6.45, 7) is 4.11. The molecule has 26 heavy (non-hydrogen) atoms. The van der Waals surface area contributed by atoms with Gasteiger partial charge in [0.05, 0.1) is 24.4 Å². The minimum absolute atomic E-state index is 0. The summed E-state index contributed by atoms with van der Waals surface area (Å²) in [5.74, 6) is 2.76. The molecule has 0 spiro atoms. The summed E-state index contributed by atoms with van der Waals surface area (Å²) in [5.41, 5.74) is -0.581. The van der Waals surface area contributed by atoms with Crippen molar-refractivity contribution in [2.75, 3.05) is 51.4 Å². The lowest BCUT2D eigenvalue weighted by atomic mass is 10.0. The number of piperidine rings is 1. The van der Waals surface area contributed by atoms with Crippen molar-refractivity contribution in [3.63, 3.8) is 0 Å². The van der Waals surface area contributed by atoms with Gasteiger partial charge < -0.3 is 24.8 Å². The van der Waals surface area contributed by atoms with Crippen LogP contribution in [0.25, 0.3) is 0 Å². The van der Waals surface area contributed by atoms with Gasteiger partial charge in [0, 0.05) is 39.0 Å². The zero-order chi connectivity index (χ0) is 17.5. The Bertz CT molecular complexity index is 435. The normalized spacial score (nSPS) is 30.9. The van der Waals surface area contributed by atoms with E-state index in [9.17, 15) is 5.11 Å². The van der Waals surface area contributed by atoms with Crippen molar-refractivity contribution >= 4 is 41.7 Å². The number of ether oxygens (including phenoxy) is 2. The molecule has 152 valence electrons. The highest BCUT2D eigenvalue weighted by molar-refractivity contribution is 14.0. The number of halogens is 1. The molecular weight excluding hydrogens is 465 g/mol. The second-order valence-electron chi connectivity index (χ2n) is 7.44. The average Bonchev–Trinajstić information content (AvgIpc) is 3.09. The van der Waals surface area contributed by atoms with Crippen LogP contribution in [0.15, 0.2) is 4.99 Å². The summed E-state index contributed by atoms with van der Waals surface area (Å²) < 4.78 is 11.8. The molecule has 8 heteroatoms. The van der Waals surface area contributed by atoms with Crippen LogP contribution < -0.4 is 5.32 Å². The molecule has 0 aromatic rings. The molecule has 0 radical (unpaired) electrons. The summed E-state index contributed by atoms with van der Waals surface area (Å²) in [7, 11) is 1.82. The largest absolute Gasteiger partial charge is 0.387 e. The molecule has 0 aromatic carbocycles. The first-order valence-electron chi connectivity index (χ1n) is 9.67. The van der Waals surface area contributed by atoms with E-state index in [4.69, 9.17) is 9.47 Å². The van der Waals surface area contributed by atoms with E-state index in [1.54, 1.807) is 0 Å². The first kappa shape index (κ1) is 22.5. The van der Waals surface area contributed by atoms with Crippen LogP contribution in [0.1, 0.15) is 38.5 Å². The highest BCUT2D eigenvalue weighted by Crippen LogP contribution is 2.27. The van der Waals surface area contributed by atoms with E-state index in [1.165, 1.54) is 12.8 Å². The van der Waals surface area contributed by atoms with Gasteiger partial charge in [-0.25, -0.2) is 0 Å². The average molecular weight is 499 g/mol. The van der Waals surface area contributed by atoms with E-state index in [0.29, 0.717) is 18.8 Å². The Balaban J connectivity index is 0.00000243. The first-order valence-corrected chi connectivity index (χ1v) is 10.8. The molecule has 6 nitrogen and oxygen atoms in total. The Kier molecular flexibility index (Phi) is 9.77. The summed E-state index contributed by atoms with van der Waals surface area (Å²) in [5, 5.41) is 13.9. The third kappa shape index (κ3) is 6.68. The molecule has 2 N–H and O–H groups in total. The third-order valence-corrected chi connectivity index (χ3v) is 6.64. The standard InChI is InChI=1S/C18H33N3O3S.HI/c1-19-17(20-13-18(22)7-11-25-14-18)21-8-5-15(6-9-21)24-12-16-4-2-3-10-23-16;/h15-16,22H,2-14H2,1H3,(H,19,20);1H. The summed E-state index contributed by atoms with van der Waals surface area (Å²) in [6.07, 6.45) is 7.12. The number of thioether (sulfide) groups is 1. The van der Waals surface area contributed by atoms with Crippen molar-refractivity contribution in [1.29, 1.82) is 0 Å². The molecule has 0 aromatic heterocycles. The lowest BCUT2D eigenvalue weighted by Crippen LogP contribution is -2.51. The van der Waals surface area contributed by atoms with E-state index in [0.717, 1.165) is 69.5 Å².